The van der Waals surface area contributed by atoms with E-state index in [9.17, 15) is 13.2 Å². The molecule has 32 heavy (non-hydrogen) atoms. The maximum Gasteiger partial charge on any atom is 0.237 e. The third-order valence-electron chi connectivity index (χ3n) is 6.64. The lowest BCUT2D eigenvalue weighted by Crippen LogP contribution is -2.51. The van der Waals surface area contributed by atoms with Crippen LogP contribution in [0.2, 0.25) is 0 Å². The molecule has 0 aromatic heterocycles. The van der Waals surface area contributed by atoms with Crippen LogP contribution in [0.4, 0.5) is 0 Å². The van der Waals surface area contributed by atoms with E-state index < -0.39 is 9.84 Å². The highest BCUT2D eigenvalue weighted by atomic mass is 32.2. The molecule has 1 heterocycles. The Balaban J connectivity index is 1.40. The average molecular weight is 454 g/mol. The molecule has 1 amide bonds. The van der Waals surface area contributed by atoms with Crippen molar-refractivity contribution in [3.63, 3.8) is 0 Å². The minimum Gasteiger partial charge on any atom is -0.347 e. The molecule has 4 atom stereocenters. The van der Waals surface area contributed by atoms with E-state index in [1.54, 1.807) is 32.3 Å². The van der Waals surface area contributed by atoms with Gasteiger partial charge in [0.1, 0.15) is 0 Å². The van der Waals surface area contributed by atoms with Crippen molar-refractivity contribution in [3.8, 4) is 11.1 Å². The van der Waals surface area contributed by atoms with E-state index in [1.165, 1.54) is 6.42 Å². The fourth-order valence-electron chi connectivity index (χ4n) is 4.85. The lowest BCUT2D eigenvalue weighted by Gasteiger charge is -2.24. The number of benzene rings is 2. The van der Waals surface area contributed by atoms with Crippen LogP contribution in [0, 0.1) is 5.92 Å². The van der Waals surface area contributed by atoms with Gasteiger partial charge in [-0.3, -0.25) is 9.79 Å². The van der Waals surface area contributed by atoms with Crippen LogP contribution in [0.3, 0.4) is 0 Å². The highest BCUT2D eigenvalue weighted by molar-refractivity contribution is 7.91. The molecule has 1 saturated carbocycles. The maximum absolute atomic E-state index is 12.8. The summed E-state index contributed by atoms with van der Waals surface area (Å²) in [5.41, 5.74) is 3.09. The number of hydrogen-bond acceptors (Lipinski definition) is 5. The molecule has 1 aliphatic carbocycles. The number of aliphatic imine (C=N–C) groups is 1. The standard InChI is InChI=1S/C25H31N3O3S/c1-3-32(30,31)23-12-9-19(10-13-23)18-6-4-17(5-7-18)14-22(16-26-2)28-25(29)24-20-8-11-21(15-20)27-24/h4-7,9-10,12-13,16,20-22,24,27H,3,8,11,14-15H2,1-2H3,(H,28,29). The second kappa shape index (κ2) is 9.55. The van der Waals surface area contributed by atoms with Gasteiger partial charge in [0.25, 0.3) is 0 Å². The van der Waals surface area contributed by atoms with E-state index in [4.69, 9.17) is 0 Å². The van der Waals surface area contributed by atoms with Crippen molar-refractivity contribution >= 4 is 22.0 Å². The predicted molar refractivity (Wildman–Crippen MR) is 128 cm³/mol. The van der Waals surface area contributed by atoms with E-state index in [-0.39, 0.29) is 23.7 Å². The molecule has 2 N–H and O–H groups in total. The number of carbonyl (C=O) groups excluding carboxylic acids is 1. The first kappa shape index (κ1) is 22.7. The lowest BCUT2D eigenvalue weighted by molar-refractivity contribution is -0.124. The van der Waals surface area contributed by atoms with E-state index in [0.717, 1.165) is 29.5 Å². The lowest BCUT2D eigenvalue weighted by atomic mass is 9.98. The minimum absolute atomic E-state index is 0.0702. The van der Waals surface area contributed by atoms with Crippen LogP contribution in [0.5, 0.6) is 0 Å². The van der Waals surface area contributed by atoms with Gasteiger partial charge in [0.15, 0.2) is 9.84 Å². The number of nitrogens with one attached hydrogen (secondary N) is 2. The fourth-order valence-corrected chi connectivity index (χ4v) is 5.74. The van der Waals surface area contributed by atoms with Crippen molar-refractivity contribution in [1.29, 1.82) is 0 Å². The highest BCUT2D eigenvalue weighted by Crippen LogP contribution is 2.35. The molecular formula is C25H31N3O3S. The largest absolute Gasteiger partial charge is 0.347 e. The average Bonchev–Trinajstić information content (AvgIpc) is 3.44. The van der Waals surface area contributed by atoms with Gasteiger partial charge in [0.2, 0.25) is 5.91 Å². The number of fused-ring (bicyclic) bond motifs is 2. The first-order valence-electron chi connectivity index (χ1n) is 11.3. The van der Waals surface area contributed by atoms with Gasteiger partial charge >= 0.3 is 0 Å². The fraction of sp³-hybridized carbons (Fsp3) is 0.440. The molecule has 0 spiro atoms. The van der Waals surface area contributed by atoms with E-state index >= 15 is 0 Å². The van der Waals surface area contributed by atoms with Gasteiger partial charge < -0.3 is 10.6 Å². The summed E-state index contributed by atoms with van der Waals surface area (Å²) >= 11 is 0. The summed E-state index contributed by atoms with van der Waals surface area (Å²) in [5.74, 6) is 0.621. The van der Waals surface area contributed by atoms with Crippen LogP contribution >= 0.6 is 0 Å². The van der Waals surface area contributed by atoms with Crippen LogP contribution < -0.4 is 10.6 Å². The number of rotatable bonds is 8. The molecule has 2 bridgehead atoms. The van der Waals surface area contributed by atoms with Gasteiger partial charge in [0, 0.05) is 19.3 Å². The Hall–Kier alpha value is -2.51. The van der Waals surface area contributed by atoms with Crippen LogP contribution in [-0.2, 0) is 21.1 Å². The van der Waals surface area contributed by atoms with Gasteiger partial charge in [-0.15, -0.1) is 0 Å². The van der Waals surface area contributed by atoms with Gasteiger partial charge in [-0.25, -0.2) is 8.42 Å². The number of piperidine rings is 1. The van der Waals surface area contributed by atoms with Crippen molar-refractivity contribution in [1.82, 2.24) is 10.6 Å². The molecule has 2 fully saturated rings. The molecule has 1 saturated heterocycles. The summed E-state index contributed by atoms with van der Waals surface area (Å²) in [6.07, 6.45) is 5.88. The monoisotopic (exact) mass is 453 g/mol. The summed E-state index contributed by atoms with van der Waals surface area (Å²) in [6, 6.07) is 15.4. The van der Waals surface area contributed by atoms with Crippen LogP contribution in [-0.4, -0.2) is 51.5 Å². The van der Waals surface area contributed by atoms with Crippen molar-refractivity contribution < 1.29 is 13.2 Å². The maximum atomic E-state index is 12.8. The van der Waals surface area contributed by atoms with E-state index in [0.29, 0.717) is 23.3 Å². The first-order chi connectivity index (χ1) is 15.4. The Morgan fingerprint density at radius 1 is 1.12 bits per heavy atom. The van der Waals surface area contributed by atoms with E-state index in [1.807, 2.05) is 36.4 Å². The van der Waals surface area contributed by atoms with Gasteiger partial charge in [0.05, 0.1) is 22.7 Å². The molecule has 7 heteroatoms. The molecule has 170 valence electrons. The Morgan fingerprint density at radius 3 is 2.31 bits per heavy atom. The number of amides is 1. The number of nitrogens with zero attached hydrogens (tertiary/aromatic N) is 1. The molecule has 4 rings (SSSR count). The van der Waals surface area contributed by atoms with Crippen LogP contribution in [0.1, 0.15) is 31.7 Å². The first-order valence-corrected chi connectivity index (χ1v) is 13.0. The second-order valence-corrected chi connectivity index (χ2v) is 11.0. The zero-order valence-electron chi connectivity index (χ0n) is 18.6. The molecule has 2 aliphatic rings. The summed E-state index contributed by atoms with van der Waals surface area (Å²) in [6.45, 7) is 1.65. The Bertz CT molecular complexity index is 1080. The van der Waals surface area contributed by atoms with Gasteiger partial charge in [-0.2, -0.15) is 0 Å². The molecule has 4 unspecified atom stereocenters. The Labute approximate surface area is 190 Å². The summed E-state index contributed by atoms with van der Waals surface area (Å²) in [4.78, 5) is 17.3. The molecule has 2 aromatic carbocycles. The molecule has 2 aromatic rings. The summed E-state index contributed by atoms with van der Waals surface area (Å²) < 4.78 is 24.0. The van der Waals surface area contributed by atoms with Crippen molar-refractivity contribution in [2.75, 3.05) is 12.8 Å². The number of hydrogen-bond donors (Lipinski definition) is 2. The molecule has 0 radical (unpaired) electrons. The third kappa shape index (κ3) is 4.94. The molecule has 6 nitrogen and oxygen atoms in total. The van der Waals surface area contributed by atoms with E-state index in [2.05, 4.69) is 15.6 Å². The zero-order chi connectivity index (χ0) is 22.7. The predicted octanol–water partition coefficient (Wildman–Crippen LogP) is 3.02. The van der Waals surface area contributed by atoms with Crippen LogP contribution in [0.25, 0.3) is 11.1 Å². The quantitative estimate of drug-likeness (QED) is 0.602. The number of carbonyl (C=O) groups is 1. The topological polar surface area (TPSA) is 87.6 Å². The van der Waals surface area contributed by atoms with Crippen LogP contribution in [0.15, 0.2) is 58.4 Å². The van der Waals surface area contributed by atoms with Gasteiger partial charge in [-0.05, 0) is 60.4 Å². The van der Waals surface area contributed by atoms with Crippen molar-refractivity contribution in [2.45, 2.75) is 55.6 Å². The summed E-state index contributed by atoms with van der Waals surface area (Å²) in [5, 5.41) is 6.61. The number of sulfone groups is 1. The van der Waals surface area contributed by atoms with Gasteiger partial charge in [-0.1, -0.05) is 43.3 Å². The Kier molecular flexibility index (Phi) is 6.76. The molecule has 1 aliphatic heterocycles. The summed E-state index contributed by atoms with van der Waals surface area (Å²) in [7, 11) is -1.47. The normalized spacial score (nSPS) is 23.5. The third-order valence-corrected chi connectivity index (χ3v) is 8.39. The molecular weight excluding hydrogens is 422 g/mol. The smallest absolute Gasteiger partial charge is 0.237 e. The zero-order valence-corrected chi connectivity index (χ0v) is 19.4. The minimum atomic E-state index is -3.19. The SMILES string of the molecule is CCS(=O)(=O)c1ccc(-c2ccc(CC(C=NC)NC(=O)C3NC4CCC3C4)cc2)cc1. The van der Waals surface area contributed by atoms with Crippen molar-refractivity contribution in [3.05, 3.63) is 54.1 Å². The van der Waals surface area contributed by atoms with Crippen molar-refractivity contribution in [2.24, 2.45) is 10.9 Å². The second-order valence-electron chi connectivity index (χ2n) is 8.77. The highest BCUT2D eigenvalue weighted by Gasteiger charge is 2.42. The Morgan fingerprint density at radius 2 is 1.78 bits per heavy atom.